The molecule has 0 radical (unpaired) electrons. The first-order chi connectivity index (χ1) is 10.8. The number of rotatable bonds is 3. The van der Waals surface area contributed by atoms with Crippen molar-refractivity contribution in [2.24, 2.45) is 0 Å². The molecule has 0 fully saturated rings. The van der Waals surface area contributed by atoms with Gasteiger partial charge in [0.05, 0.1) is 11.4 Å². The Morgan fingerprint density at radius 3 is 2.45 bits per heavy atom. The van der Waals surface area contributed by atoms with Crippen molar-refractivity contribution in [3.8, 4) is 11.3 Å². The van der Waals surface area contributed by atoms with E-state index >= 15 is 0 Å². The van der Waals surface area contributed by atoms with Gasteiger partial charge in [-0.05, 0) is 18.9 Å². The third-order valence-corrected chi connectivity index (χ3v) is 3.68. The molecule has 0 spiro atoms. The van der Waals surface area contributed by atoms with Gasteiger partial charge in [0.1, 0.15) is 0 Å². The fourth-order valence-electron chi connectivity index (χ4n) is 2.66. The van der Waals surface area contributed by atoms with Gasteiger partial charge in [0.15, 0.2) is 0 Å². The van der Waals surface area contributed by atoms with Crippen LogP contribution in [-0.4, -0.2) is 25.6 Å². The van der Waals surface area contributed by atoms with Crippen molar-refractivity contribution in [2.75, 3.05) is 0 Å². The summed E-state index contributed by atoms with van der Waals surface area (Å²) in [6, 6.07) is 11.4. The number of carbonyl (C=O) groups excluding carboxylic acids is 1. The highest BCUT2D eigenvalue weighted by atomic mass is 16.2. The number of hydrogen-bond acceptors (Lipinski definition) is 3. The second kappa shape index (κ2) is 5.97. The zero-order valence-electron chi connectivity index (χ0n) is 12.7. The van der Waals surface area contributed by atoms with Crippen LogP contribution in [0.3, 0.4) is 0 Å². The number of carbonyl (C=O) groups is 1. The van der Waals surface area contributed by atoms with E-state index < -0.39 is 0 Å². The standard InChI is InChI=1S/C17H18N4O/c1-3-14-15(4-2)19-21(17(22)20-12-8-11-18-20)16(14)13-9-6-5-7-10-13/h5-12H,3-4H2,1-2H3. The van der Waals surface area contributed by atoms with Gasteiger partial charge in [0, 0.05) is 23.5 Å². The zero-order chi connectivity index (χ0) is 15.5. The first kappa shape index (κ1) is 14.3. The van der Waals surface area contributed by atoms with E-state index in [9.17, 15) is 4.79 Å². The summed E-state index contributed by atoms with van der Waals surface area (Å²) in [4.78, 5) is 12.7. The van der Waals surface area contributed by atoms with Crippen LogP contribution >= 0.6 is 0 Å². The molecule has 112 valence electrons. The summed E-state index contributed by atoms with van der Waals surface area (Å²) in [5.41, 5.74) is 3.93. The van der Waals surface area contributed by atoms with Crippen LogP contribution in [0.2, 0.25) is 0 Å². The second-order valence-corrected chi connectivity index (χ2v) is 4.99. The largest absolute Gasteiger partial charge is 0.369 e. The summed E-state index contributed by atoms with van der Waals surface area (Å²) >= 11 is 0. The maximum absolute atomic E-state index is 12.7. The third kappa shape index (κ3) is 2.35. The van der Waals surface area contributed by atoms with Crippen molar-refractivity contribution in [2.45, 2.75) is 26.7 Å². The van der Waals surface area contributed by atoms with Crippen LogP contribution < -0.4 is 0 Å². The lowest BCUT2D eigenvalue weighted by molar-refractivity contribution is 0.238. The predicted molar refractivity (Wildman–Crippen MR) is 84.8 cm³/mol. The molecule has 0 unspecified atom stereocenters. The van der Waals surface area contributed by atoms with Gasteiger partial charge in [-0.1, -0.05) is 44.2 Å². The molecule has 0 saturated carbocycles. The Morgan fingerprint density at radius 1 is 1.09 bits per heavy atom. The molecule has 2 heterocycles. The van der Waals surface area contributed by atoms with Crippen LogP contribution in [0, 0.1) is 0 Å². The number of benzene rings is 1. The van der Waals surface area contributed by atoms with Crippen molar-refractivity contribution < 1.29 is 4.79 Å². The van der Waals surface area contributed by atoms with Crippen molar-refractivity contribution in [3.05, 3.63) is 60.0 Å². The van der Waals surface area contributed by atoms with E-state index in [1.54, 1.807) is 18.5 Å². The van der Waals surface area contributed by atoms with Crippen LogP contribution in [-0.2, 0) is 12.8 Å². The fraction of sp³-hybridized carbons (Fsp3) is 0.235. The highest BCUT2D eigenvalue weighted by molar-refractivity contribution is 5.84. The number of hydrogen-bond donors (Lipinski definition) is 0. The molecule has 0 aliphatic carbocycles. The maximum Gasteiger partial charge on any atom is 0.369 e. The topological polar surface area (TPSA) is 52.7 Å². The van der Waals surface area contributed by atoms with Gasteiger partial charge in [-0.25, -0.2) is 4.79 Å². The highest BCUT2D eigenvalue weighted by Gasteiger charge is 2.22. The van der Waals surface area contributed by atoms with Crippen LogP contribution in [0.4, 0.5) is 4.79 Å². The maximum atomic E-state index is 12.7. The molecule has 0 bridgehead atoms. The average molecular weight is 294 g/mol. The third-order valence-electron chi connectivity index (χ3n) is 3.68. The molecule has 5 nitrogen and oxygen atoms in total. The fourth-order valence-corrected chi connectivity index (χ4v) is 2.66. The lowest BCUT2D eigenvalue weighted by Crippen LogP contribution is -2.22. The van der Waals surface area contributed by atoms with Gasteiger partial charge < -0.3 is 0 Å². The van der Waals surface area contributed by atoms with E-state index in [0.29, 0.717) is 0 Å². The Morgan fingerprint density at radius 2 is 1.86 bits per heavy atom. The normalized spacial score (nSPS) is 10.8. The van der Waals surface area contributed by atoms with Gasteiger partial charge >= 0.3 is 6.03 Å². The Hall–Kier alpha value is -2.69. The highest BCUT2D eigenvalue weighted by Crippen LogP contribution is 2.27. The van der Waals surface area contributed by atoms with E-state index in [-0.39, 0.29) is 6.03 Å². The summed E-state index contributed by atoms with van der Waals surface area (Å²) in [7, 11) is 0. The van der Waals surface area contributed by atoms with Crippen molar-refractivity contribution in [1.82, 2.24) is 19.6 Å². The number of aromatic nitrogens is 4. The summed E-state index contributed by atoms with van der Waals surface area (Å²) in [6.45, 7) is 4.14. The lowest BCUT2D eigenvalue weighted by atomic mass is 10.0. The molecule has 1 aromatic carbocycles. The smallest absolute Gasteiger partial charge is 0.244 e. The van der Waals surface area contributed by atoms with Crippen molar-refractivity contribution in [1.29, 1.82) is 0 Å². The Kier molecular flexibility index (Phi) is 3.87. The van der Waals surface area contributed by atoms with Gasteiger partial charge in [0.25, 0.3) is 0 Å². The lowest BCUT2D eigenvalue weighted by Gasteiger charge is -2.08. The zero-order valence-corrected chi connectivity index (χ0v) is 12.7. The number of aryl methyl sites for hydroxylation is 1. The van der Waals surface area contributed by atoms with E-state index in [4.69, 9.17) is 0 Å². The number of nitrogens with zero attached hydrogens (tertiary/aromatic N) is 4. The summed E-state index contributed by atoms with van der Waals surface area (Å²) in [6.07, 6.45) is 4.85. The molecular formula is C17H18N4O. The van der Waals surface area contributed by atoms with Crippen LogP contribution in [0.1, 0.15) is 25.1 Å². The minimum absolute atomic E-state index is 0.266. The van der Waals surface area contributed by atoms with Crippen LogP contribution in [0.25, 0.3) is 11.3 Å². The van der Waals surface area contributed by atoms with Crippen molar-refractivity contribution in [3.63, 3.8) is 0 Å². The molecule has 0 aliphatic heterocycles. The minimum atomic E-state index is -0.266. The monoisotopic (exact) mass is 294 g/mol. The molecule has 2 aromatic heterocycles. The van der Waals surface area contributed by atoms with Crippen LogP contribution in [0.5, 0.6) is 0 Å². The first-order valence-electron chi connectivity index (χ1n) is 7.46. The molecule has 5 heteroatoms. The van der Waals surface area contributed by atoms with E-state index in [1.165, 1.54) is 9.36 Å². The average Bonchev–Trinajstić information content (AvgIpc) is 3.22. The Balaban J connectivity index is 2.21. The molecule has 0 amide bonds. The SMILES string of the molecule is CCc1nn(C(=O)n2cccn2)c(-c2ccccc2)c1CC. The van der Waals surface area contributed by atoms with Crippen molar-refractivity contribution >= 4 is 6.03 Å². The first-order valence-corrected chi connectivity index (χ1v) is 7.46. The summed E-state index contributed by atoms with van der Waals surface area (Å²) in [5.74, 6) is 0. The molecule has 3 aromatic rings. The molecule has 0 atom stereocenters. The van der Waals surface area contributed by atoms with Crippen LogP contribution in [0.15, 0.2) is 48.8 Å². The molecular weight excluding hydrogens is 276 g/mol. The van der Waals surface area contributed by atoms with Gasteiger partial charge in [-0.2, -0.15) is 19.6 Å². The Bertz CT molecular complexity index is 773. The minimum Gasteiger partial charge on any atom is -0.244 e. The second-order valence-electron chi connectivity index (χ2n) is 4.99. The quantitative estimate of drug-likeness (QED) is 0.744. The summed E-state index contributed by atoms with van der Waals surface area (Å²) < 4.78 is 2.78. The molecule has 0 saturated heterocycles. The van der Waals surface area contributed by atoms with Gasteiger partial charge in [-0.15, -0.1) is 0 Å². The predicted octanol–water partition coefficient (Wildman–Crippen LogP) is 3.39. The van der Waals surface area contributed by atoms with E-state index in [1.807, 2.05) is 30.3 Å². The molecule has 0 aliphatic rings. The summed E-state index contributed by atoms with van der Waals surface area (Å²) in [5, 5.41) is 8.56. The van der Waals surface area contributed by atoms with E-state index in [0.717, 1.165) is 35.4 Å². The van der Waals surface area contributed by atoms with Gasteiger partial charge in [0.2, 0.25) is 0 Å². The Labute approximate surface area is 129 Å². The molecule has 22 heavy (non-hydrogen) atoms. The molecule has 3 rings (SSSR count). The molecule has 0 N–H and O–H groups in total. The van der Waals surface area contributed by atoms with Gasteiger partial charge in [-0.3, -0.25) is 0 Å². The van der Waals surface area contributed by atoms with E-state index in [2.05, 4.69) is 24.0 Å².